The van der Waals surface area contributed by atoms with E-state index in [9.17, 15) is 0 Å². The molecule has 0 saturated carbocycles. The lowest BCUT2D eigenvalue weighted by Crippen LogP contribution is -2.27. The lowest BCUT2D eigenvalue weighted by molar-refractivity contribution is 0.614. The van der Waals surface area contributed by atoms with Crippen molar-refractivity contribution in [2.75, 3.05) is 5.32 Å². The van der Waals surface area contributed by atoms with Gasteiger partial charge in [-0.25, -0.2) is 15.0 Å². The quantitative estimate of drug-likeness (QED) is 0.451. The molecule has 0 amide bonds. The summed E-state index contributed by atoms with van der Waals surface area (Å²) in [6.07, 6.45) is 7.64. The molecule has 4 heterocycles. The predicted molar refractivity (Wildman–Crippen MR) is 115 cm³/mol. The highest BCUT2D eigenvalue weighted by molar-refractivity contribution is 5.81. The highest BCUT2D eigenvalue weighted by Crippen LogP contribution is 2.33. The maximum Gasteiger partial charge on any atom is 0.231 e. The zero-order valence-corrected chi connectivity index (χ0v) is 16.5. The molecule has 4 aromatic heterocycles. The Morgan fingerprint density at radius 2 is 1.86 bits per heavy atom. The van der Waals surface area contributed by atoms with Crippen molar-refractivity contribution in [1.29, 1.82) is 0 Å². The van der Waals surface area contributed by atoms with Gasteiger partial charge in [0.15, 0.2) is 5.58 Å². The Hall–Kier alpha value is -3.67. The smallest absolute Gasteiger partial charge is 0.231 e. The lowest BCUT2D eigenvalue weighted by atomic mass is 10.1. The van der Waals surface area contributed by atoms with E-state index in [4.69, 9.17) is 9.40 Å². The SMILES string of the molecule is CC(C)(C)Nc1ncc(-c2ccc3nccn3c2)cc1-c1nc2ccccc2o1. The van der Waals surface area contributed by atoms with E-state index in [-0.39, 0.29) is 5.54 Å². The van der Waals surface area contributed by atoms with Gasteiger partial charge in [-0.15, -0.1) is 0 Å². The third-order valence-corrected chi connectivity index (χ3v) is 4.63. The fourth-order valence-corrected chi connectivity index (χ4v) is 3.32. The van der Waals surface area contributed by atoms with E-state index in [2.05, 4.69) is 42.1 Å². The molecule has 5 aromatic rings. The molecule has 1 aromatic carbocycles. The molecule has 29 heavy (non-hydrogen) atoms. The van der Waals surface area contributed by atoms with Crippen LogP contribution in [0.1, 0.15) is 20.8 Å². The van der Waals surface area contributed by atoms with Crippen LogP contribution in [0.4, 0.5) is 5.82 Å². The van der Waals surface area contributed by atoms with Crippen molar-refractivity contribution in [2.24, 2.45) is 0 Å². The summed E-state index contributed by atoms with van der Waals surface area (Å²) in [6, 6.07) is 13.9. The molecular formula is C23H21N5O. The van der Waals surface area contributed by atoms with Gasteiger partial charge in [0.2, 0.25) is 5.89 Å². The van der Waals surface area contributed by atoms with Crippen LogP contribution in [0.3, 0.4) is 0 Å². The first-order chi connectivity index (χ1) is 14.0. The second kappa shape index (κ2) is 6.44. The van der Waals surface area contributed by atoms with Crippen LogP contribution in [0.25, 0.3) is 39.3 Å². The van der Waals surface area contributed by atoms with Crippen molar-refractivity contribution in [3.8, 4) is 22.6 Å². The first-order valence-corrected chi connectivity index (χ1v) is 9.54. The lowest BCUT2D eigenvalue weighted by Gasteiger charge is -2.23. The van der Waals surface area contributed by atoms with Gasteiger partial charge in [-0.05, 0) is 51.1 Å². The second-order valence-electron chi connectivity index (χ2n) is 8.09. The number of fused-ring (bicyclic) bond motifs is 2. The number of nitrogens with one attached hydrogen (secondary N) is 1. The van der Waals surface area contributed by atoms with Gasteiger partial charge in [0, 0.05) is 41.5 Å². The van der Waals surface area contributed by atoms with Crippen LogP contribution in [0.5, 0.6) is 0 Å². The number of anilines is 1. The third-order valence-electron chi connectivity index (χ3n) is 4.63. The van der Waals surface area contributed by atoms with Crippen LogP contribution in [0.2, 0.25) is 0 Å². The molecule has 5 rings (SSSR count). The number of aromatic nitrogens is 4. The molecule has 0 spiro atoms. The molecule has 0 saturated heterocycles. The Labute approximate surface area is 168 Å². The van der Waals surface area contributed by atoms with Crippen molar-refractivity contribution in [3.63, 3.8) is 0 Å². The molecule has 0 unspecified atom stereocenters. The van der Waals surface area contributed by atoms with Crippen LogP contribution in [-0.4, -0.2) is 24.9 Å². The number of rotatable bonds is 3. The highest BCUT2D eigenvalue weighted by Gasteiger charge is 2.19. The van der Waals surface area contributed by atoms with E-state index in [0.29, 0.717) is 5.89 Å². The summed E-state index contributed by atoms with van der Waals surface area (Å²) in [6.45, 7) is 6.31. The highest BCUT2D eigenvalue weighted by atomic mass is 16.3. The topological polar surface area (TPSA) is 68.2 Å². The molecule has 0 aliphatic heterocycles. The standard InChI is InChI=1S/C23H21N5O/c1-23(2,3)27-21-17(22-26-18-6-4-5-7-19(18)29-22)12-16(13-25-21)15-8-9-20-24-10-11-28(20)14-15/h4-14H,1-3H3,(H,25,27). The maximum atomic E-state index is 6.05. The number of pyridine rings is 2. The molecule has 144 valence electrons. The fraction of sp³-hybridized carbons (Fsp3) is 0.174. The number of oxazole rings is 1. The molecule has 6 nitrogen and oxygen atoms in total. The molecular weight excluding hydrogens is 362 g/mol. The number of nitrogens with zero attached hydrogens (tertiary/aromatic N) is 4. The monoisotopic (exact) mass is 383 g/mol. The third kappa shape index (κ3) is 3.33. The minimum Gasteiger partial charge on any atom is -0.436 e. The van der Waals surface area contributed by atoms with E-state index in [0.717, 1.165) is 39.3 Å². The van der Waals surface area contributed by atoms with Gasteiger partial charge in [0.05, 0.1) is 5.56 Å². The van der Waals surface area contributed by atoms with E-state index < -0.39 is 0 Å². The summed E-state index contributed by atoms with van der Waals surface area (Å²) < 4.78 is 8.05. The molecule has 0 radical (unpaired) electrons. The number of hydrogen-bond donors (Lipinski definition) is 1. The number of para-hydroxylation sites is 2. The predicted octanol–water partition coefficient (Wildman–Crippen LogP) is 5.41. The first-order valence-electron chi connectivity index (χ1n) is 9.54. The summed E-state index contributed by atoms with van der Waals surface area (Å²) in [5, 5.41) is 3.47. The Morgan fingerprint density at radius 1 is 1.00 bits per heavy atom. The van der Waals surface area contributed by atoms with Crippen molar-refractivity contribution >= 4 is 22.6 Å². The van der Waals surface area contributed by atoms with Gasteiger partial charge in [0.1, 0.15) is 17.0 Å². The van der Waals surface area contributed by atoms with Crippen LogP contribution in [0, 0.1) is 0 Å². The summed E-state index contributed by atoms with van der Waals surface area (Å²) in [4.78, 5) is 13.7. The minimum absolute atomic E-state index is 0.148. The van der Waals surface area contributed by atoms with Gasteiger partial charge in [-0.2, -0.15) is 0 Å². The average molecular weight is 383 g/mol. The van der Waals surface area contributed by atoms with E-state index in [1.807, 2.05) is 59.4 Å². The van der Waals surface area contributed by atoms with Gasteiger partial charge in [-0.1, -0.05) is 12.1 Å². The second-order valence-corrected chi connectivity index (χ2v) is 8.09. The average Bonchev–Trinajstić information content (AvgIpc) is 3.33. The van der Waals surface area contributed by atoms with E-state index in [1.165, 1.54) is 0 Å². The molecule has 0 bridgehead atoms. The Balaban J connectivity index is 1.67. The van der Waals surface area contributed by atoms with Crippen LogP contribution < -0.4 is 5.32 Å². The van der Waals surface area contributed by atoms with Gasteiger partial charge in [-0.3, -0.25) is 0 Å². The molecule has 0 fully saturated rings. The summed E-state index contributed by atoms with van der Waals surface area (Å²) >= 11 is 0. The normalized spacial score (nSPS) is 12.0. The van der Waals surface area contributed by atoms with Crippen LogP contribution in [0.15, 0.2) is 71.7 Å². The number of imidazole rings is 1. The first kappa shape index (κ1) is 17.4. The summed E-state index contributed by atoms with van der Waals surface area (Å²) in [7, 11) is 0. The fourth-order valence-electron chi connectivity index (χ4n) is 3.32. The van der Waals surface area contributed by atoms with Crippen molar-refractivity contribution in [2.45, 2.75) is 26.3 Å². The zero-order chi connectivity index (χ0) is 20.0. The molecule has 0 aliphatic carbocycles. The largest absolute Gasteiger partial charge is 0.436 e. The Morgan fingerprint density at radius 3 is 2.69 bits per heavy atom. The minimum atomic E-state index is -0.148. The van der Waals surface area contributed by atoms with Crippen molar-refractivity contribution in [1.82, 2.24) is 19.4 Å². The summed E-state index contributed by atoms with van der Waals surface area (Å²) in [5.74, 6) is 1.30. The Kier molecular flexibility index (Phi) is 3.87. The molecule has 6 heteroatoms. The van der Waals surface area contributed by atoms with Crippen molar-refractivity contribution < 1.29 is 4.42 Å². The van der Waals surface area contributed by atoms with Crippen molar-refractivity contribution in [3.05, 3.63) is 67.3 Å². The van der Waals surface area contributed by atoms with Gasteiger partial charge >= 0.3 is 0 Å². The number of hydrogen-bond acceptors (Lipinski definition) is 5. The van der Waals surface area contributed by atoms with E-state index in [1.54, 1.807) is 6.20 Å². The number of benzene rings is 1. The Bertz CT molecular complexity index is 1290. The van der Waals surface area contributed by atoms with Gasteiger partial charge in [0.25, 0.3) is 0 Å². The zero-order valence-electron chi connectivity index (χ0n) is 16.5. The van der Waals surface area contributed by atoms with Crippen LogP contribution >= 0.6 is 0 Å². The molecule has 0 aliphatic rings. The summed E-state index contributed by atoms with van der Waals surface area (Å²) in [5.41, 5.74) is 5.21. The van der Waals surface area contributed by atoms with Gasteiger partial charge < -0.3 is 14.1 Å². The maximum absolute atomic E-state index is 6.05. The molecule has 1 N–H and O–H groups in total. The van der Waals surface area contributed by atoms with Crippen LogP contribution in [-0.2, 0) is 0 Å². The van der Waals surface area contributed by atoms with E-state index >= 15 is 0 Å². The molecule has 0 atom stereocenters.